The van der Waals surface area contributed by atoms with Gasteiger partial charge in [-0.15, -0.1) is 0 Å². The fourth-order valence-corrected chi connectivity index (χ4v) is 4.78. The molecule has 0 aromatic heterocycles. The molecule has 0 radical (unpaired) electrons. The van der Waals surface area contributed by atoms with Gasteiger partial charge in [-0.1, -0.05) is 25.0 Å². The van der Waals surface area contributed by atoms with Crippen molar-refractivity contribution < 1.29 is 27.5 Å². The average molecular weight is 461 g/mol. The number of hydrogen-bond acceptors (Lipinski definition) is 6. The molecule has 2 N–H and O–H groups in total. The lowest BCUT2D eigenvalue weighted by molar-refractivity contribution is -0.142. The van der Waals surface area contributed by atoms with Gasteiger partial charge in [0.2, 0.25) is 10.0 Å². The van der Waals surface area contributed by atoms with Crippen LogP contribution < -0.4 is 14.8 Å². The van der Waals surface area contributed by atoms with Crippen LogP contribution in [0.5, 0.6) is 5.75 Å². The number of carbonyl (C=O) groups is 2. The molecule has 1 fully saturated rings. The highest BCUT2D eigenvalue weighted by atomic mass is 32.2. The summed E-state index contributed by atoms with van der Waals surface area (Å²) < 4.78 is 38.0. The quantitative estimate of drug-likeness (QED) is 0.527. The molecule has 0 spiro atoms. The summed E-state index contributed by atoms with van der Waals surface area (Å²) in [6.45, 7) is 1.86. The van der Waals surface area contributed by atoms with Gasteiger partial charge in [-0.3, -0.25) is 9.59 Å². The van der Waals surface area contributed by atoms with Crippen LogP contribution in [-0.4, -0.2) is 39.5 Å². The summed E-state index contributed by atoms with van der Waals surface area (Å²) in [6, 6.07) is 12.9. The molecule has 8 nitrogen and oxygen atoms in total. The highest BCUT2D eigenvalue weighted by Gasteiger charge is 2.22. The van der Waals surface area contributed by atoms with Crippen molar-refractivity contribution in [1.29, 1.82) is 0 Å². The Hall–Kier alpha value is -2.91. The molecule has 32 heavy (non-hydrogen) atoms. The Morgan fingerprint density at radius 2 is 1.66 bits per heavy atom. The second kappa shape index (κ2) is 11.1. The Labute approximate surface area is 188 Å². The van der Waals surface area contributed by atoms with Crippen LogP contribution in [0, 0.1) is 0 Å². The predicted molar refractivity (Wildman–Crippen MR) is 120 cm³/mol. The highest BCUT2D eigenvalue weighted by molar-refractivity contribution is 7.89. The molecule has 3 rings (SSSR count). The second-order valence-corrected chi connectivity index (χ2v) is 9.30. The van der Waals surface area contributed by atoms with E-state index in [1.807, 2.05) is 0 Å². The third-order valence-electron chi connectivity index (χ3n) is 5.07. The van der Waals surface area contributed by atoms with Gasteiger partial charge < -0.3 is 14.8 Å². The number of ether oxygens (including phenoxy) is 2. The van der Waals surface area contributed by atoms with Gasteiger partial charge in [0.1, 0.15) is 5.75 Å². The predicted octanol–water partition coefficient (Wildman–Crippen LogP) is 3.03. The minimum Gasteiger partial charge on any atom is -0.484 e. The SMILES string of the molecule is CCOC(=O)Cc1ccc(NC(=O)COc2ccc(S(=O)(=O)NC3CCCC3)cc2)cc1. The summed E-state index contributed by atoms with van der Waals surface area (Å²) in [4.78, 5) is 23.8. The smallest absolute Gasteiger partial charge is 0.310 e. The summed E-state index contributed by atoms with van der Waals surface area (Å²) in [5, 5.41) is 2.71. The Balaban J connectivity index is 1.47. The zero-order valence-electron chi connectivity index (χ0n) is 18.0. The van der Waals surface area contributed by atoms with Gasteiger partial charge in [-0.2, -0.15) is 0 Å². The summed E-state index contributed by atoms with van der Waals surface area (Å²) in [7, 11) is -3.56. The lowest BCUT2D eigenvalue weighted by atomic mass is 10.1. The maximum absolute atomic E-state index is 12.4. The second-order valence-electron chi connectivity index (χ2n) is 7.59. The van der Waals surface area contributed by atoms with Crippen molar-refractivity contribution in [2.45, 2.75) is 50.0 Å². The zero-order valence-corrected chi connectivity index (χ0v) is 18.8. The molecule has 9 heteroatoms. The van der Waals surface area contributed by atoms with E-state index in [-0.39, 0.29) is 35.8 Å². The van der Waals surface area contributed by atoms with Crippen LogP contribution in [0.4, 0.5) is 5.69 Å². The first-order valence-corrected chi connectivity index (χ1v) is 12.1. The van der Waals surface area contributed by atoms with Crippen molar-refractivity contribution in [3.8, 4) is 5.75 Å². The number of hydrogen-bond donors (Lipinski definition) is 2. The van der Waals surface area contributed by atoms with E-state index in [4.69, 9.17) is 9.47 Å². The van der Waals surface area contributed by atoms with E-state index < -0.39 is 10.0 Å². The number of sulfonamides is 1. The molecule has 1 aliphatic rings. The zero-order chi connectivity index (χ0) is 23.0. The largest absolute Gasteiger partial charge is 0.484 e. The van der Waals surface area contributed by atoms with Crippen LogP contribution in [0.2, 0.25) is 0 Å². The van der Waals surface area contributed by atoms with Crippen LogP contribution >= 0.6 is 0 Å². The first-order chi connectivity index (χ1) is 15.4. The number of esters is 1. The number of anilines is 1. The molecule has 2 aromatic rings. The van der Waals surface area contributed by atoms with Crippen molar-refractivity contribution in [3.63, 3.8) is 0 Å². The van der Waals surface area contributed by atoms with E-state index >= 15 is 0 Å². The fraction of sp³-hybridized carbons (Fsp3) is 0.391. The van der Waals surface area contributed by atoms with Gasteiger partial charge in [0.25, 0.3) is 5.91 Å². The molecule has 0 atom stereocenters. The maximum Gasteiger partial charge on any atom is 0.310 e. The lowest BCUT2D eigenvalue weighted by Gasteiger charge is -2.13. The topological polar surface area (TPSA) is 111 Å². The minimum atomic E-state index is -3.56. The Kier molecular flexibility index (Phi) is 8.24. The molecule has 0 aliphatic heterocycles. The van der Waals surface area contributed by atoms with E-state index in [9.17, 15) is 18.0 Å². The monoisotopic (exact) mass is 460 g/mol. The molecule has 0 bridgehead atoms. The van der Waals surface area contributed by atoms with Gasteiger partial charge >= 0.3 is 5.97 Å². The van der Waals surface area contributed by atoms with Crippen LogP contribution in [0.25, 0.3) is 0 Å². The molecule has 1 amide bonds. The third kappa shape index (κ3) is 7.06. The Morgan fingerprint density at radius 1 is 1.00 bits per heavy atom. The van der Waals surface area contributed by atoms with Gasteiger partial charge in [0, 0.05) is 11.7 Å². The standard InChI is InChI=1S/C23H28N2O6S/c1-2-30-23(27)15-17-7-9-18(10-8-17)24-22(26)16-31-20-11-13-21(14-12-20)32(28,29)25-19-5-3-4-6-19/h7-14,19,25H,2-6,15-16H2,1H3,(H,24,26). The summed E-state index contributed by atoms with van der Waals surface area (Å²) >= 11 is 0. The normalized spacial score (nSPS) is 14.2. The van der Waals surface area contributed by atoms with Crippen LogP contribution in [0.15, 0.2) is 53.4 Å². The van der Waals surface area contributed by atoms with E-state index in [1.54, 1.807) is 31.2 Å². The number of carbonyl (C=O) groups excluding carboxylic acids is 2. The first kappa shape index (κ1) is 23.7. The van der Waals surface area contributed by atoms with Gasteiger partial charge in [0.15, 0.2) is 6.61 Å². The average Bonchev–Trinajstić information content (AvgIpc) is 3.26. The Morgan fingerprint density at radius 3 is 2.28 bits per heavy atom. The number of amides is 1. The molecular weight excluding hydrogens is 432 g/mol. The van der Waals surface area contributed by atoms with Crippen molar-refractivity contribution in [1.82, 2.24) is 4.72 Å². The molecule has 1 saturated carbocycles. The molecule has 0 saturated heterocycles. The van der Waals surface area contributed by atoms with Crippen molar-refractivity contribution >= 4 is 27.6 Å². The first-order valence-electron chi connectivity index (χ1n) is 10.7. The molecular formula is C23H28N2O6S. The lowest BCUT2D eigenvalue weighted by Crippen LogP contribution is -2.32. The third-order valence-corrected chi connectivity index (χ3v) is 6.61. The number of rotatable bonds is 10. The van der Waals surface area contributed by atoms with E-state index in [2.05, 4.69) is 10.0 Å². The summed E-state index contributed by atoms with van der Waals surface area (Å²) in [5.74, 6) is -0.265. The van der Waals surface area contributed by atoms with Gasteiger partial charge in [-0.25, -0.2) is 13.1 Å². The fourth-order valence-electron chi connectivity index (χ4n) is 3.48. The number of nitrogens with one attached hydrogen (secondary N) is 2. The molecule has 2 aromatic carbocycles. The molecule has 0 unspecified atom stereocenters. The van der Waals surface area contributed by atoms with Crippen LogP contribution in [0.1, 0.15) is 38.2 Å². The summed E-state index contributed by atoms with van der Waals surface area (Å²) in [6.07, 6.45) is 3.99. The van der Waals surface area contributed by atoms with E-state index in [0.29, 0.717) is 18.0 Å². The van der Waals surface area contributed by atoms with Gasteiger partial charge in [-0.05, 0) is 61.7 Å². The molecule has 172 valence electrons. The van der Waals surface area contributed by atoms with E-state index in [1.165, 1.54) is 24.3 Å². The maximum atomic E-state index is 12.4. The van der Waals surface area contributed by atoms with E-state index in [0.717, 1.165) is 31.2 Å². The molecule has 1 aliphatic carbocycles. The minimum absolute atomic E-state index is 0.00106. The summed E-state index contributed by atoms with van der Waals surface area (Å²) in [5.41, 5.74) is 1.36. The number of benzene rings is 2. The van der Waals surface area contributed by atoms with Crippen LogP contribution in [0.3, 0.4) is 0 Å². The Bertz CT molecular complexity index is 1010. The van der Waals surface area contributed by atoms with Crippen molar-refractivity contribution in [2.75, 3.05) is 18.5 Å². The highest BCUT2D eigenvalue weighted by Crippen LogP contribution is 2.21. The van der Waals surface area contributed by atoms with Crippen molar-refractivity contribution in [2.24, 2.45) is 0 Å². The van der Waals surface area contributed by atoms with Crippen molar-refractivity contribution in [3.05, 3.63) is 54.1 Å². The molecule has 0 heterocycles. The van der Waals surface area contributed by atoms with Crippen LogP contribution in [-0.2, 0) is 30.8 Å². The van der Waals surface area contributed by atoms with Gasteiger partial charge in [0.05, 0.1) is 17.9 Å².